The van der Waals surface area contributed by atoms with Crippen molar-refractivity contribution in [3.63, 3.8) is 0 Å². The maximum atomic E-state index is 12.1. The number of esters is 1. The summed E-state index contributed by atoms with van der Waals surface area (Å²) in [4.78, 5) is 34.2. The third kappa shape index (κ3) is 2.84. The Labute approximate surface area is 140 Å². The molecule has 3 heterocycles. The molecule has 9 heteroatoms. The number of hydrogen-bond donors (Lipinski definition) is 1. The summed E-state index contributed by atoms with van der Waals surface area (Å²) in [6.07, 6.45) is 1.26. The quantitative estimate of drug-likeness (QED) is 0.665. The molecule has 122 valence electrons. The molecule has 23 heavy (non-hydrogen) atoms. The Hall–Kier alpha value is -1.93. The Bertz CT molecular complexity index is 779. The van der Waals surface area contributed by atoms with Gasteiger partial charge in [0.25, 0.3) is 0 Å². The molecule has 7 nitrogen and oxygen atoms in total. The highest BCUT2D eigenvalue weighted by Gasteiger charge is 2.34. The van der Waals surface area contributed by atoms with Crippen LogP contribution in [0.15, 0.2) is 5.38 Å². The van der Waals surface area contributed by atoms with Crippen LogP contribution in [0.5, 0.6) is 0 Å². The number of aliphatic carboxylic acids is 1. The molecule has 0 spiro atoms. The standard InChI is InChI=1S/C14H14ClN3O4S/c1-2-22-13(21)7-6-23-11-9(7)10(16-14(15)17-11)18-5-3-4-8(18)12(19)20/h6,8H,2-5H2,1H3,(H,19,20). The van der Waals surface area contributed by atoms with E-state index in [-0.39, 0.29) is 11.9 Å². The van der Waals surface area contributed by atoms with E-state index in [9.17, 15) is 14.7 Å². The van der Waals surface area contributed by atoms with Crippen LogP contribution in [0, 0.1) is 0 Å². The number of rotatable bonds is 4. The van der Waals surface area contributed by atoms with Gasteiger partial charge < -0.3 is 14.7 Å². The van der Waals surface area contributed by atoms with E-state index in [2.05, 4.69) is 9.97 Å². The highest BCUT2D eigenvalue weighted by Crippen LogP contribution is 2.36. The van der Waals surface area contributed by atoms with Crippen molar-refractivity contribution < 1.29 is 19.4 Å². The lowest BCUT2D eigenvalue weighted by molar-refractivity contribution is -0.138. The smallest absolute Gasteiger partial charge is 0.339 e. The van der Waals surface area contributed by atoms with Gasteiger partial charge in [-0.1, -0.05) is 0 Å². The fourth-order valence-electron chi connectivity index (χ4n) is 2.74. The number of fused-ring (bicyclic) bond motifs is 1. The van der Waals surface area contributed by atoms with Gasteiger partial charge in [0.2, 0.25) is 5.28 Å². The predicted molar refractivity (Wildman–Crippen MR) is 86.4 cm³/mol. The average Bonchev–Trinajstić information content (AvgIpc) is 3.13. The number of ether oxygens (including phenoxy) is 1. The molecule has 0 radical (unpaired) electrons. The summed E-state index contributed by atoms with van der Waals surface area (Å²) in [5.74, 6) is -1.01. The lowest BCUT2D eigenvalue weighted by Crippen LogP contribution is -2.36. The molecular weight excluding hydrogens is 342 g/mol. The molecule has 1 aliphatic heterocycles. The van der Waals surface area contributed by atoms with E-state index in [0.717, 1.165) is 6.42 Å². The van der Waals surface area contributed by atoms with Crippen molar-refractivity contribution in [3.05, 3.63) is 16.2 Å². The molecule has 0 saturated carbocycles. The van der Waals surface area contributed by atoms with Gasteiger partial charge in [-0.3, -0.25) is 0 Å². The first kappa shape index (κ1) is 15.9. The van der Waals surface area contributed by atoms with Crippen molar-refractivity contribution >= 4 is 50.9 Å². The molecule has 1 fully saturated rings. The molecule has 3 rings (SSSR count). The number of carboxylic acid groups (broad SMARTS) is 1. The summed E-state index contributed by atoms with van der Waals surface area (Å²) >= 11 is 7.23. The number of carbonyl (C=O) groups excluding carboxylic acids is 1. The van der Waals surface area contributed by atoms with E-state index < -0.39 is 18.0 Å². The Kier molecular flexibility index (Phi) is 4.36. The minimum atomic E-state index is -0.918. The third-order valence-electron chi connectivity index (χ3n) is 3.69. The van der Waals surface area contributed by atoms with Gasteiger partial charge >= 0.3 is 11.9 Å². The van der Waals surface area contributed by atoms with Crippen molar-refractivity contribution in [1.29, 1.82) is 0 Å². The zero-order chi connectivity index (χ0) is 16.6. The Morgan fingerprint density at radius 2 is 2.30 bits per heavy atom. The molecule has 0 aromatic carbocycles. The van der Waals surface area contributed by atoms with Gasteiger partial charge in [0.1, 0.15) is 16.7 Å². The van der Waals surface area contributed by atoms with Crippen molar-refractivity contribution in [1.82, 2.24) is 9.97 Å². The highest BCUT2D eigenvalue weighted by molar-refractivity contribution is 7.17. The minimum absolute atomic E-state index is 0.0285. The SMILES string of the molecule is CCOC(=O)c1csc2nc(Cl)nc(N3CCCC3C(=O)O)c12. The van der Waals surface area contributed by atoms with Crippen molar-refractivity contribution in [2.24, 2.45) is 0 Å². The van der Waals surface area contributed by atoms with E-state index in [1.165, 1.54) is 11.3 Å². The fourth-order valence-corrected chi connectivity index (χ4v) is 3.86. The zero-order valence-electron chi connectivity index (χ0n) is 12.3. The Balaban J connectivity index is 2.17. The first-order valence-electron chi connectivity index (χ1n) is 7.14. The lowest BCUT2D eigenvalue weighted by atomic mass is 10.2. The molecular formula is C14H14ClN3O4S. The second-order valence-electron chi connectivity index (χ2n) is 5.06. The normalized spacial score (nSPS) is 17.7. The number of hydrogen-bond acceptors (Lipinski definition) is 7. The second-order valence-corrected chi connectivity index (χ2v) is 6.25. The van der Waals surface area contributed by atoms with E-state index >= 15 is 0 Å². The van der Waals surface area contributed by atoms with Gasteiger partial charge in [0.15, 0.2) is 0 Å². The fraction of sp³-hybridized carbons (Fsp3) is 0.429. The Morgan fingerprint density at radius 3 is 3.00 bits per heavy atom. The predicted octanol–water partition coefficient (Wildman–Crippen LogP) is 2.57. The van der Waals surface area contributed by atoms with Gasteiger partial charge in [-0.15, -0.1) is 11.3 Å². The zero-order valence-corrected chi connectivity index (χ0v) is 13.9. The monoisotopic (exact) mass is 355 g/mol. The van der Waals surface area contributed by atoms with Crippen LogP contribution in [-0.2, 0) is 9.53 Å². The number of thiophene rings is 1. The highest BCUT2D eigenvalue weighted by atomic mass is 35.5. The van der Waals surface area contributed by atoms with E-state index in [1.807, 2.05) is 0 Å². The first-order chi connectivity index (χ1) is 11.0. The van der Waals surface area contributed by atoms with Crippen molar-refractivity contribution in [2.45, 2.75) is 25.8 Å². The van der Waals surface area contributed by atoms with E-state index in [0.29, 0.717) is 34.6 Å². The summed E-state index contributed by atoms with van der Waals surface area (Å²) in [7, 11) is 0. The summed E-state index contributed by atoms with van der Waals surface area (Å²) in [6, 6.07) is -0.681. The van der Waals surface area contributed by atoms with Crippen LogP contribution in [0.1, 0.15) is 30.1 Å². The van der Waals surface area contributed by atoms with Gasteiger partial charge in [0, 0.05) is 11.9 Å². The molecule has 1 aliphatic rings. The number of aromatic nitrogens is 2. The molecule has 2 aromatic heterocycles. The van der Waals surface area contributed by atoms with Crippen molar-refractivity contribution in [2.75, 3.05) is 18.1 Å². The molecule has 0 bridgehead atoms. The molecule has 0 aliphatic carbocycles. The van der Waals surface area contributed by atoms with Gasteiger partial charge in [-0.25, -0.2) is 14.6 Å². The number of halogens is 1. The molecule has 1 atom stereocenters. The first-order valence-corrected chi connectivity index (χ1v) is 8.40. The molecule has 0 amide bonds. The van der Waals surface area contributed by atoms with Crippen LogP contribution in [-0.4, -0.2) is 46.2 Å². The number of nitrogens with zero attached hydrogens (tertiary/aromatic N) is 3. The van der Waals surface area contributed by atoms with Crippen molar-refractivity contribution in [3.8, 4) is 0 Å². The van der Waals surface area contributed by atoms with Gasteiger partial charge in [-0.2, -0.15) is 4.98 Å². The molecule has 1 N–H and O–H groups in total. The Morgan fingerprint density at radius 1 is 1.52 bits per heavy atom. The second kappa shape index (κ2) is 6.29. The maximum Gasteiger partial charge on any atom is 0.339 e. The summed E-state index contributed by atoms with van der Waals surface area (Å²) < 4.78 is 5.06. The summed E-state index contributed by atoms with van der Waals surface area (Å²) in [6.45, 7) is 2.51. The van der Waals surface area contributed by atoms with Crippen LogP contribution in [0.2, 0.25) is 5.28 Å². The van der Waals surface area contributed by atoms with E-state index in [4.69, 9.17) is 16.3 Å². The van der Waals surface area contributed by atoms with Crippen LogP contribution >= 0.6 is 22.9 Å². The minimum Gasteiger partial charge on any atom is -0.480 e. The lowest BCUT2D eigenvalue weighted by Gasteiger charge is -2.23. The van der Waals surface area contributed by atoms with Crippen LogP contribution < -0.4 is 4.90 Å². The maximum absolute atomic E-state index is 12.1. The topological polar surface area (TPSA) is 92.6 Å². The van der Waals surface area contributed by atoms with E-state index in [1.54, 1.807) is 17.2 Å². The number of carboxylic acids is 1. The van der Waals surface area contributed by atoms with Crippen LogP contribution in [0.4, 0.5) is 5.82 Å². The average molecular weight is 356 g/mol. The van der Waals surface area contributed by atoms with Crippen LogP contribution in [0.25, 0.3) is 10.2 Å². The largest absolute Gasteiger partial charge is 0.480 e. The number of carbonyl (C=O) groups is 2. The van der Waals surface area contributed by atoms with Crippen LogP contribution in [0.3, 0.4) is 0 Å². The molecule has 1 unspecified atom stereocenters. The number of anilines is 1. The molecule has 1 saturated heterocycles. The van der Waals surface area contributed by atoms with Gasteiger partial charge in [-0.05, 0) is 31.4 Å². The molecule has 2 aromatic rings. The summed E-state index contributed by atoms with van der Waals surface area (Å²) in [5, 5.41) is 11.6. The van der Waals surface area contributed by atoms with Gasteiger partial charge in [0.05, 0.1) is 17.6 Å². The third-order valence-corrected chi connectivity index (χ3v) is 4.73. The summed E-state index contributed by atoms with van der Waals surface area (Å²) in [5.41, 5.74) is 0.342.